The lowest BCUT2D eigenvalue weighted by atomic mass is 10.1. The number of hydrogen-bond acceptors (Lipinski definition) is 28. The molecule has 0 fully saturated rings. The third-order valence-corrected chi connectivity index (χ3v) is 12.1. The van der Waals surface area contributed by atoms with Gasteiger partial charge in [0.05, 0.1) is 85.9 Å². The third-order valence-electron chi connectivity index (χ3n) is 5.73. The summed E-state index contributed by atoms with van der Waals surface area (Å²) in [6, 6.07) is 0. The predicted molar refractivity (Wildman–Crippen MR) is 174 cm³/mol. The molecule has 9 unspecified atom stereocenters. The largest absolute Gasteiger partial charge is 0.756 e. The number of aliphatic hydroxyl groups excluding tert-OH is 1. The van der Waals surface area contributed by atoms with Gasteiger partial charge in [0.2, 0.25) is 0 Å². The zero-order chi connectivity index (χ0) is 43.2. The summed E-state index contributed by atoms with van der Waals surface area (Å²) >= 11 is 0. The minimum Gasteiger partial charge on any atom is -0.756 e. The van der Waals surface area contributed by atoms with E-state index >= 15 is 0 Å². The quantitative estimate of drug-likeness (QED) is 0.0510. The monoisotopic (exact) mass is 979 g/mol. The van der Waals surface area contributed by atoms with Gasteiger partial charge >= 0.3 is 0 Å². The van der Waals surface area contributed by atoms with Crippen LogP contribution in [0.3, 0.4) is 0 Å². The second-order valence-electron chi connectivity index (χ2n) is 10.1. The van der Waals surface area contributed by atoms with E-state index in [0.29, 0.717) is 6.42 Å². The number of hydrogen-bond donors (Lipinski definition) is 2. The van der Waals surface area contributed by atoms with Crippen molar-refractivity contribution in [2.75, 3.05) is 92.5 Å². The van der Waals surface area contributed by atoms with Gasteiger partial charge in [0.1, 0.15) is 0 Å². The van der Waals surface area contributed by atoms with Gasteiger partial charge in [-0.15, -0.1) is 0 Å². The van der Waals surface area contributed by atoms with Crippen LogP contribution in [0.2, 0.25) is 0 Å². The highest BCUT2D eigenvalue weighted by Crippen LogP contribution is 2.44. The molecule has 0 aromatic heterocycles. The molecule has 0 amide bonds. The number of phosphoric acid groups is 7. The zero-order valence-electron chi connectivity index (χ0n) is 29.5. The van der Waals surface area contributed by atoms with Crippen LogP contribution in [0.15, 0.2) is 0 Å². The van der Waals surface area contributed by atoms with Gasteiger partial charge in [-0.05, 0) is 12.8 Å². The molecule has 0 aromatic rings. The van der Waals surface area contributed by atoms with Crippen LogP contribution in [0, 0.1) is 11.8 Å². The van der Waals surface area contributed by atoms with Crippen molar-refractivity contribution in [1.29, 1.82) is 0 Å². The number of rotatable bonds is 37. The summed E-state index contributed by atoms with van der Waals surface area (Å²) in [4.78, 5) is 89.5. The molecule has 2 N–H and O–H groups in total. The van der Waals surface area contributed by atoms with Crippen molar-refractivity contribution in [2.45, 2.75) is 34.1 Å². The van der Waals surface area contributed by atoms with Crippen LogP contribution < -0.4 is 34.3 Å². The molecular formula is C21H46O29P7-7. The average molecular weight is 979 g/mol. The molecule has 0 heterocycles. The van der Waals surface area contributed by atoms with Crippen molar-refractivity contribution in [3.63, 3.8) is 0 Å². The molecule has 0 radical (unpaired) electrons. The van der Waals surface area contributed by atoms with Crippen LogP contribution in [0.4, 0.5) is 0 Å². The summed E-state index contributed by atoms with van der Waals surface area (Å²) in [6.45, 7) is -7.94. The Morgan fingerprint density at radius 1 is 0.386 bits per heavy atom. The maximum absolute atomic E-state index is 11.8. The summed E-state index contributed by atoms with van der Waals surface area (Å²) in [6.07, 6.45) is 0.585. The van der Waals surface area contributed by atoms with Crippen molar-refractivity contribution in [3.8, 4) is 0 Å². The Balaban J connectivity index is 0. The van der Waals surface area contributed by atoms with Gasteiger partial charge < -0.3 is 103 Å². The summed E-state index contributed by atoms with van der Waals surface area (Å²) < 4.78 is 137. The summed E-state index contributed by atoms with van der Waals surface area (Å²) in [5, 5.41) is 9.02. The molecule has 0 aromatic carbocycles. The molecule has 29 nitrogen and oxygen atoms in total. The van der Waals surface area contributed by atoms with Crippen LogP contribution in [0.25, 0.3) is 0 Å². The Kier molecular flexibility index (Phi) is 30.6. The van der Waals surface area contributed by atoms with E-state index in [2.05, 4.69) is 58.8 Å². The predicted octanol–water partition coefficient (Wildman–Crippen LogP) is -1.85. The fraction of sp³-hybridized carbons (Fsp3) is 1.00. The average Bonchev–Trinajstić information content (AvgIpc) is 3.08. The lowest BCUT2D eigenvalue weighted by Crippen LogP contribution is -2.20. The van der Waals surface area contributed by atoms with E-state index < -0.39 is 146 Å². The zero-order valence-corrected chi connectivity index (χ0v) is 35.8. The Labute approximate surface area is 328 Å². The second kappa shape index (κ2) is 29.2. The lowest BCUT2D eigenvalue weighted by Gasteiger charge is -2.27. The van der Waals surface area contributed by atoms with Crippen molar-refractivity contribution >= 4 is 54.8 Å². The summed E-state index contributed by atoms with van der Waals surface area (Å²) in [5.41, 5.74) is 0. The molecule has 0 aliphatic rings. The van der Waals surface area contributed by atoms with E-state index in [1.54, 1.807) is 6.92 Å². The highest BCUT2D eigenvalue weighted by atomic mass is 31.2. The summed E-state index contributed by atoms with van der Waals surface area (Å²) in [7, 11) is -35.5. The van der Waals surface area contributed by atoms with E-state index in [4.69, 9.17) is 10.00 Å². The molecular weight excluding hydrogens is 933 g/mol. The van der Waals surface area contributed by atoms with E-state index in [1.807, 2.05) is 0 Å². The van der Waals surface area contributed by atoms with Crippen molar-refractivity contribution in [3.05, 3.63) is 0 Å². The number of aliphatic hydroxyl groups is 1. The van der Waals surface area contributed by atoms with Crippen molar-refractivity contribution in [2.24, 2.45) is 11.8 Å². The first-order valence-electron chi connectivity index (χ1n) is 15.6. The van der Waals surface area contributed by atoms with E-state index in [-0.39, 0.29) is 27.1 Å². The number of phosphoric ester groups is 7. The Morgan fingerprint density at radius 2 is 0.579 bits per heavy atom. The van der Waals surface area contributed by atoms with Crippen LogP contribution in [0.1, 0.15) is 34.1 Å². The molecule has 0 aliphatic heterocycles. The van der Waals surface area contributed by atoms with Gasteiger partial charge in [-0.2, -0.15) is 0 Å². The first kappa shape index (κ1) is 59.8. The molecule has 0 saturated heterocycles. The molecule has 57 heavy (non-hydrogen) atoms. The van der Waals surface area contributed by atoms with Crippen LogP contribution in [-0.2, 0) is 90.8 Å². The first-order valence-corrected chi connectivity index (χ1v) is 25.8. The van der Waals surface area contributed by atoms with Crippen LogP contribution >= 0.6 is 54.8 Å². The van der Waals surface area contributed by atoms with Gasteiger partial charge in [-0.3, -0.25) is 32.0 Å². The van der Waals surface area contributed by atoms with Crippen molar-refractivity contribution < 1.29 is 135 Å². The standard InChI is InChI=1S/C20H49O29P7.CH4/c1-3-19(15-21)16-48-55(33,34)45-13-11-43-53(29,30)41-9-7-39-51(25,26)37-5-6-38-52(27,28)40-8-10-42-54(31,32)44-12-14-46-56(35,36)49-18-20(4-2)17-47-50(22,23)24;/h19-21H,3-18H2,1-2H3,(H,25,26)(H,27,28)(H,29,30)(H,31,32)(H,33,34)(H,35,36)(H2,22,23,24);1H4/p-7. The Morgan fingerprint density at radius 3 is 0.772 bits per heavy atom. The van der Waals surface area contributed by atoms with Gasteiger partial charge in [-0.25, -0.2) is 0 Å². The Bertz CT molecular complexity index is 1440. The first-order chi connectivity index (χ1) is 25.7. The van der Waals surface area contributed by atoms with Gasteiger partial charge in [0.25, 0.3) is 54.8 Å². The van der Waals surface area contributed by atoms with Crippen LogP contribution in [-0.4, -0.2) is 102 Å². The molecule has 9 atom stereocenters. The minimum absolute atomic E-state index is 0. The van der Waals surface area contributed by atoms with Gasteiger partial charge in [-0.1, -0.05) is 21.3 Å². The molecule has 0 spiro atoms. The van der Waals surface area contributed by atoms with E-state index in [1.165, 1.54) is 6.92 Å². The lowest BCUT2D eigenvalue weighted by molar-refractivity contribution is -0.238. The molecule has 0 saturated carbocycles. The molecule has 0 aliphatic carbocycles. The fourth-order valence-corrected chi connectivity index (χ4v) is 7.51. The molecule has 36 heteroatoms. The third kappa shape index (κ3) is 34.9. The van der Waals surface area contributed by atoms with Gasteiger partial charge in [0, 0.05) is 18.4 Å². The van der Waals surface area contributed by atoms with E-state index in [9.17, 15) is 66.2 Å². The highest BCUT2D eigenvalue weighted by Gasteiger charge is 2.19. The smallest absolute Gasteiger partial charge is 0.268 e. The maximum atomic E-state index is 11.8. The highest BCUT2D eigenvalue weighted by molar-refractivity contribution is 7.47. The van der Waals surface area contributed by atoms with E-state index in [0.717, 1.165) is 0 Å². The maximum Gasteiger partial charge on any atom is 0.268 e. The minimum atomic E-state index is -5.19. The molecule has 0 rings (SSSR count). The fourth-order valence-electron chi connectivity index (χ4n) is 2.89. The normalized spacial score (nSPS) is 20.6. The Hall–Kier alpha value is 0.730. The van der Waals surface area contributed by atoms with Gasteiger partial charge in [0.15, 0.2) is 0 Å². The SMILES string of the molecule is C.CCC(CO)COP(=O)([O-])OCCOP(=O)([O-])OCCOP(=O)([O-])OCCOP(=O)([O-])OCCOP(=O)([O-])OCCOP(=O)([O-])OCC(CC)COP(=O)([O-])O. The second-order valence-corrected chi connectivity index (χ2v) is 19.8. The van der Waals surface area contributed by atoms with Crippen molar-refractivity contribution in [1.82, 2.24) is 0 Å². The molecule has 0 bridgehead atoms. The molecule has 346 valence electrons. The van der Waals surface area contributed by atoms with Crippen LogP contribution in [0.5, 0.6) is 0 Å². The summed E-state index contributed by atoms with van der Waals surface area (Å²) in [5.74, 6) is -1.27. The topological polar surface area (TPSA) is 441 Å².